The predicted molar refractivity (Wildman–Crippen MR) is 84.0 cm³/mol. The molecule has 1 aromatic rings. The lowest BCUT2D eigenvalue weighted by atomic mass is 9.97. The maximum Gasteiger partial charge on any atom is 0.161 e. The van der Waals surface area contributed by atoms with Crippen LogP contribution in [0.2, 0.25) is 0 Å². The number of hydrogen-bond acceptors (Lipinski definition) is 4. The average molecular weight is 290 g/mol. The van der Waals surface area contributed by atoms with Gasteiger partial charge in [-0.1, -0.05) is 12.5 Å². The lowest BCUT2D eigenvalue weighted by molar-refractivity contribution is 0.171. The van der Waals surface area contributed by atoms with Crippen LogP contribution >= 0.6 is 0 Å². The first kappa shape index (κ1) is 14.7. The average Bonchev–Trinajstić information content (AvgIpc) is 2.55. The minimum absolute atomic E-state index is 0.519. The molecule has 4 heteroatoms. The van der Waals surface area contributed by atoms with Crippen LogP contribution in [0.4, 0.5) is 0 Å². The van der Waals surface area contributed by atoms with Gasteiger partial charge in [-0.15, -0.1) is 0 Å². The number of hydrogen-bond donors (Lipinski definition) is 1. The van der Waals surface area contributed by atoms with Gasteiger partial charge in [-0.2, -0.15) is 0 Å². The van der Waals surface area contributed by atoms with Crippen LogP contribution in [0.15, 0.2) is 18.2 Å². The van der Waals surface area contributed by atoms with E-state index in [4.69, 9.17) is 15.2 Å². The third-order valence-electron chi connectivity index (χ3n) is 4.43. The summed E-state index contributed by atoms with van der Waals surface area (Å²) in [6.45, 7) is 5.61. The minimum Gasteiger partial charge on any atom is -0.486 e. The van der Waals surface area contributed by atoms with Crippen LogP contribution in [0.3, 0.4) is 0 Å². The molecule has 3 rings (SSSR count). The van der Waals surface area contributed by atoms with Gasteiger partial charge in [0.25, 0.3) is 0 Å². The molecule has 4 nitrogen and oxygen atoms in total. The maximum absolute atomic E-state index is 5.99. The SMILES string of the molecule is NCC(Cc1ccc2c(c1)OCCO2)CN1CCCCC1. The van der Waals surface area contributed by atoms with E-state index in [-0.39, 0.29) is 0 Å². The normalized spacial score (nSPS) is 20.2. The molecule has 116 valence electrons. The zero-order valence-electron chi connectivity index (χ0n) is 12.7. The monoisotopic (exact) mass is 290 g/mol. The molecule has 1 unspecified atom stereocenters. The van der Waals surface area contributed by atoms with Crippen LogP contribution in [0, 0.1) is 5.92 Å². The van der Waals surface area contributed by atoms with Gasteiger partial charge in [-0.05, 0) is 62.5 Å². The molecule has 0 amide bonds. The highest BCUT2D eigenvalue weighted by Crippen LogP contribution is 2.31. The summed E-state index contributed by atoms with van der Waals surface area (Å²) in [5, 5.41) is 0. The van der Waals surface area contributed by atoms with E-state index in [2.05, 4.69) is 17.0 Å². The van der Waals surface area contributed by atoms with Crippen molar-refractivity contribution in [1.29, 1.82) is 0 Å². The Morgan fingerprint density at radius 3 is 2.57 bits per heavy atom. The van der Waals surface area contributed by atoms with Gasteiger partial charge in [-0.25, -0.2) is 0 Å². The smallest absolute Gasteiger partial charge is 0.161 e. The van der Waals surface area contributed by atoms with Gasteiger partial charge in [0.2, 0.25) is 0 Å². The van der Waals surface area contributed by atoms with Crippen molar-refractivity contribution in [3.63, 3.8) is 0 Å². The second-order valence-electron chi connectivity index (χ2n) is 6.15. The Morgan fingerprint density at radius 1 is 1.05 bits per heavy atom. The summed E-state index contributed by atoms with van der Waals surface area (Å²) in [7, 11) is 0. The summed E-state index contributed by atoms with van der Waals surface area (Å²) in [4.78, 5) is 2.57. The molecule has 0 saturated carbocycles. The second-order valence-corrected chi connectivity index (χ2v) is 6.15. The van der Waals surface area contributed by atoms with E-state index in [9.17, 15) is 0 Å². The highest BCUT2D eigenvalue weighted by molar-refractivity contribution is 5.43. The number of nitrogens with zero attached hydrogens (tertiary/aromatic N) is 1. The Bertz CT molecular complexity index is 458. The Kier molecular flexibility index (Phi) is 4.99. The molecule has 1 saturated heterocycles. The largest absolute Gasteiger partial charge is 0.486 e. The standard InChI is InChI=1S/C17H26N2O2/c18-12-15(13-19-6-2-1-3-7-19)10-14-4-5-16-17(11-14)21-9-8-20-16/h4-5,11,15H,1-3,6-10,12-13,18H2. The minimum atomic E-state index is 0.519. The van der Waals surface area contributed by atoms with E-state index in [1.165, 1.54) is 37.9 Å². The van der Waals surface area contributed by atoms with Crippen molar-refractivity contribution in [3.8, 4) is 11.5 Å². The van der Waals surface area contributed by atoms with E-state index in [0.29, 0.717) is 19.1 Å². The van der Waals surface area contributed by atoms with Gasteiger partial charge in [-0.3, -0.25) is 0 Å². The molecule has 0 spiro atoms. The zero-order chi connectivity index (χ0) is 14.5. The Labute approximate surface area is 127 Å². The van der Waals surface area contributed by atoms with Gasteiger partial charge in [0, 0.05) is 6.54 Å². The van der Waals surface area contributed by atoms with Crippen molar-refractivity contribution in [2.75, 3.05) is 39.4 Å². The van der Waals surface area contributed by atoms with Crippen LogP contribution in [0.25, 0.3) is 0 Å². The fraction of sp³-hybridized carbons (Fsp3) is 0.647. The summed E-state index contributed by atoms with van der Waals surface area (Å²) in [5.41, 5.74) is 7.29. The number of benzene rings is 1. The van der Waals surface area contributed by atoms with Gasteiger partial charge in [0.1, 0.15) is 13.2 Å². The molecular formula is C17H26N2O2. The van der Waals surface area contributed by atoms with Crippen molar-refractivity contribution in [1.82, 2.24) is 4.90 Å². The van der Waals surface area contributed by atoms with E-state index in [1.807, 2.05) is 6.07 Å². The van der Waals surface area contributed by atoms with Crippen LogP contribution in [-0.4, -0.2) is 44.3 Å². The summed E-state index contributed by atoms with van der Waals surface area (Å²) < 4.78 is 11.2. The highest BCUT2D eigenvalue weighted by Gasteiger charge is 2.17. The second kappa shape index (κ2) is 7.14. The third-order valence-corrected chi connectivity index (χ3v) is 4.43. The van der Waals surface area contributed by atoms with Crippen LogP contribution in [0.1, 0.15) is 24.8 Å². The van der Waals surface area contributed by atoms with E-state index in [0.717, 1.165) is 31.0 Å². The first-order valence-corrected chi connectivity index (χ1v) is 8.16. The predicted octanol–water partition coefficient (Wildman–Crippen LogP) is 2.06. The molecule has 0 aromatic heterocycles. The number of piperidine rings is 1. The quantitative estimate of drug-likeness (QED) is 0.902. The zero-order valence-corrected chi connectivity index (χ0v) is 12.7. The molecule has 1 fully saturated rings. The molecule has 2 N–H and O–H groups in total. The third kappa shape index (κ3) is 3.89. The van der Waals surface area contributed by atoms with E-state index in [1.54, 1.807) is 0 Å². The number of rotatable bonds is 5. The topological polar surface area (TPSA) is 47.7 Å². The first-order valence-electron chi connectivity index (χ1n) is 8.16. The maximum atomic E-state index is 5.99. The van der Waals surface area contributed by atoms with Gasteiger partial charge >= 0.3 is 0 Å². The molecular weight excluding hydrogens is 264 g/mol. The molecule has 0 radical (unpaired) electrons. The van der Waals surface area contributed by atoms with Crippen molar-refractivity contribution in [2.45, 2.75) is 25.7 Å². The van der Waals surface area contributed by atoms with Crippen LogP contribution in [0.5, 0.6) is 11.5 Å². The molecule has 0 bridgehead atoms. The molecule has 2 heterocycles. The summed E-state index contributed by atoms with van der Waals surface area (Å²) in [6, 6.07) is 6.29. The highest BCUT2D eigenvalue weighted by atomic mass is 16.6. The first-order chi connectivity index (χ1) is 10.3. The van der Waals surface area contributed by atoms with Crippen molar-refractivity contribution < 1.29 is 9.47 Å². The van der Waals surface area contributed by atoms with Gasteiger partial charge in [0.05, 0.1) is 0 Å². The Morgan fingerprint density at radius 2 is 1.81 bits per heavy atom. The van der Waals surface area contributed by atoms with Crippen molar-refractivity contribution in [3.05, 3.63) is 23.8 Å². The fourth-order valence-electron chi connectivity index (χ4n) is 3.28. The van der Waals surface area contributed by atoms with E-state index < -0.39 is 0 Å². The summed E-state index contributed by atoms with van der Waals surface area (Å²) in [6.07, 6.45) is 5.07. The number of nitrogens with two attached hydrogens (primary N) is 1. The van der Waals surface area contributed by atoms with Gasteiger partial charge < -0.3 is 20.1 Å². The van der Waals surface area contributed by atoms with Crippen LogP contribution < -0.4 is 15.2 Å². The molecule has 1 aromatic carbocycles. The molecule has 0 aliphatic carbocycles. The summed E-state index contributed by atoms with van der Waals surface area (Å²) >= 11 is 0. The number of fused-ring (bicyclic) bond motifs is 1. The summed E-state index contributed by atoms with van der Waals surface area (Å²) in [5.74, 6) is 2.27. The van der Waals surface area contributed by atoms with Crippen LogP contribution in [-0.2, 0) is 6.42 Å². The van der Waals surface area contributed by atoms with Crippen molar-refractivity contribution in [2.24, 2.45) is 11.7 Å². The number of ether oxygens (including phenoxy) is 2. The van der Waals surface area contributed by atoms with Gasteiger partial charge in [0.15, 0.2) is 11.5 Å². The van der Waals surface area contributed by atoms with Crippen molar-refractivity contribution >= 4 is 0 Å². The molecule has 2 aliphatic rings. The molecule has 21 heavy (non-hydrogen) atoms. The molecule has 1 atom stereocenters. The lowest BCUT2D eigenvalue weighted by Gasteiger charge is -2.30. The lowest BCUT2D eigenvalue weighted by Crippen LogP contribution is -2.37. The fourth-order valence-corrected chi connectivity index (χ4v) is 3.28. The Balaban J connectivity index is 1.60. The molecule has 2 aliphatic heterocycles. The Hall–Kier alpha value is -1.26. The van der Waals surface area contributed by atoms with E-state index >= 15 is 0 Å². The number of likely N-dealkylation sites (tertiary alicyclic amines) is 1.